The summed E-state index contributed by atoms with van der Waals surface area (Å²) in [5.41, 5.74) is 6.70. The zero-order valence-corrected chi connectivity index (χ0v) is 11.6. The fraction of sp³-hybridized carbons (Fsp3) is 0.462. The largest absolute Gasteiger partial charge is 0.376 e. The minimum Gasteiger partial charge on any atom is -0.376 e. The van der Waals surface area contributed by atoms with Gasteiger partial charge in [-0.1, -0.05) is 30.3 Å². The first kappa shape index (κ1) is 13.9. The van der Waals surface area contributed by atoms with Gasteiger partial charge in [0.05, 0.1) is 0 Å². The van der Waals surface area contributed by atoms with E-state index in [4.69, 9.17) is 18.0 Å². The zero-order valence-electron chi connectivity index (χ0n) is 10.7. The van der Waals surface area contributed by atoms with Crippen molar-refractivity contribution in [2.45, 2.75) is 25.9 Å². The summed E-state index contributed by atoms with van der Waals surface area (Å²) in [6, 6.07) is 10.4. The molecule has 0 fully saturated rings. The fourth-order valence-corrected chi connectivity index (χ4v) is 2.28. The Morgan fingerprint density at radius 2 is 1.94 bits per heavy atom. The van der Waals surface area contributed by atoms with E-state index < -0.39 is 0 Å². The Bertz CT molecular complexity index is 362. The predicted molar refractivity (Wildman–Crippen MR) is 76.8 cm³/mol. The molecule has 0 aliphatic carbocycles. The van der Waals surface area contributed by atoms with Gasteiger partial charge < -0.3 is 11.1 Å². The number of hydrogen-bond acceptors (Lipinski definition) is 2. The van der Waals surface area contributed by atoms with Crippen molar-refractivity contribution >= 4 is 17.3 Å². The van der Waals surface area contributed by atoms with E-state index in [2.05, 4.69) is 55.4 Å². The highest BCUT2D eigenvalue weighted by molar-refractivity contribution is 7.80. The maximum absolute atomic E-state index is 5.51. The van der Waals surface area contributed by atoms with E-state index in [1.807, 2.05) is 6.07 Å². The van der Waals surface area contributed by atoms with Crippen molar-refractivity contribution in [3.63, 3.8) is 0 Å². The standard InChI is InChI=1S/C13H21N3S/c1-13(2,15-12(14)17)10-16(3)9-11-7-5-4-6-8-11/h4-8H,9-10H2,1-3H3,(H3,14,15,17). The molecular weight excluding hydrogens is 230 g/mol. The van der Waals surface area contributed by atoms with Crippen LogP contribution in [0.5, 0.6) is 0 Å². The van der Waals surface area contributed by atoms with Gasteiger partial charge >= 0.3 is 0 Å². The van der Waals surface area contributed by atoms with Gasteiger partial charge in [0.25, 0.3) is 0 Å². The van der Waals surface area contributed by atoms with Gasteiger partial charge in [-0.2, -0.15) is 0 Å². The van der Waals surface area contributed by atoms with E-state index in [1.54, 1.807) is 0 Å². The number of nitrogens with zero attached hydrogens (tertiary/aromatic N) is 1. The third kappa shape index (κ3) is 5.65. The van der Waals surface area contributed by atoms with Crippen molar-refractivity contribution < 1.29 is 0 Å². The van der Waals surface area contributed by atoms with Crippen molar-refractivity contribution in [2.75, 3.05) is 13.6 Å². The Morgan fingerprint density at radius 1 is 1.35 bits per heavy atom. The van der Waals surface area contributed by atoms with E-state index in [1.165, 1.54) is 5.56 Å². The van der Waals surface area contributed by atoms with Gasteiger partial charge in [-0.15, -0.1) is 0 Å². The van der Waals surface area contributed by atoms with E-state index in [-0.39, 0.29) is 5.54 Å². The normalized spacial score (nSPS) is 11.5. The number of thiocarbonyl (C=S) groups is 1. The highest BCUT2D eigenvalue weighted by atomic mass is 32.1. The van der Waals surface area contributed by atoms with Gasteiger partial charge in [0, 0.05) is 18.6 Å². The third-order valence-corrected chi connectivity index (χ3v) is 2.52. The lowest BCUT2D eigenvalue weighted by Gasteiger charge is -2.31. The second-order valence-electron chi connectivity index (χ2n) is 5.03. The first-order chi connectivity index (χ1) is 7.89. The molecule has 0 aromatic heterocycles. The zero-order chi connectivity index (χ0) is 12.9. The van der Waals surface area contributed by atoms with Crippen LogP contribution in [0.15, 0.2) is 30.3 Å². The summed E-state index contributed by atoms with van der Waals surface area (Å²) in [5.74, 6) is 0. The Hall–Kier alpha value is -1.13. The summed E-state index contributed by atoms with van der Waals surface area (Å²) in [6.45, 7) is 5.98. The van der Waals surface area contributed by atoms with Gasteiger partial charge in [0.1, 0.15) is 0 Å². The van der Waals surface area contributed by atoms with Crippen LogP contribution in [0.25, 0.3) is 0 Å². The van der Waals surface area contributed by atoms with Gasteiger partial charge in [0.2, 0.25) is 0 Å². The molecule has 0 radical (unpaired) electrons. The topological polar surface area (TPSA) is 41.3 Å². The fourth-order valence-electron chi connectivity index (χ4n) is 2.00. The van der Waals surface area contributed by atoms with Crippen LogP contribution in [0.1, 0.15) is 19.4 Å². The van der Waals surface area contributed by atoms with Crippen LogP contribution in [0.2, 0.25) is 0 Å². The maximum atomic E-state index is 5.51. The average molecular weight is 251 g/mol. The van der Waals surface area contributed by atoms with Crippen LogP contribution in [0, 0.1) is 0 Å². The summed E-state index contributed by atoms with van der Waals surface area (Å²) >= 11 is 4.87. The summed E-state index contributed by atoms with van der Waals surface area (Å²) in [7, 11) is 2.09. The minimum absolute atomic E-state index is 0.116. The summed E-state index contributed by atoms with van der Waals surface area (Å²) in [4.78, 5) is 2.25. The number of nitrogens with two attached hydrogens (primary N) is 1. The molecule has 94 valence electrons. The van der Waals surface area contributed by atoms with Gasteiger partial charge in [-0.05, 0) is 38.7 Å². The van der Waals surface area contributed by atoms with Crippen LogP contribution < -0.4 is 11.1 Å². The molecule has 0 saturated heterocycles. The molecule has 0 heterocycles. The molecule has 0 aliphatic rings. The van der Waals surface area contributed by atoms with Crippen molar-refractivity contribution in [1.82, 2.24) is 10.2 Å². The highest BCUT2D eigenvalue weighted by Gasteiger charge is 2.19. The van der Waals surface area contributed by atoms with Crippen molar-refractivity contribution in [3.05, 3.63) is 35.9 Å². The van der Waals surface area contributed by atoms with Crippen molar-refractivity contribution in [3.8, 4) is 0 Å². The predicted octanol–water partition coefficient (Wildman–Crippen LogP) is 1.73. The van der Waals surface area contributed by atoms with E-state index in [9.17, 15) is 0 Å². The number of nitrogens with one attached hydrogen (secondary N) is 1. The molecule has 3 nitrogen and oxygen atoms in total. The van der Waals surface area contributed by atoms with E-state index in [0.717, 1.165) is 13.1 Å². The average Bonchev–Trinajstić information content (AvgIpc) is 2.15. The Kier molecular flexibility index (Phi) is 4.90. The summed E-state index contributed by atoms with van der Waals surface area (Å²) < 4.78 is 0. The van der Waals surface area contributed by atoms with Crippen LogP contribution in [0.4, 0.5) is 0 Å². The lowest BCUT2D eigenvalue weighted by Crippen LogP contribution is -2.52. The van der Waals surface area contributed by atoms with Gasteiger partial charge in [-0.25, -0.2) is 0 Å². The van der Waals surface area contributed by atoms with E-state index >= 15 is 0 Å². The van der Waals surface area contributed by atoms with E-state index in [0.29, 0.717) is 5.11 Å². The molecule has 0 atom stereocenters. The molecule has 0 unspecified atom stereocenters. The van der Waals surface area contributed by atoms with Crippen LogP contribution in [-0.2, 0) is 6.54 Å². The molecule has 0 spiro atoms. The minimum atomic E-state index is -0.116. The second kappa shape index (κ2) is 5.98. The number of rotatable bonds is 5. The molecule has 1 rings (SSSR count). The van der Waals surface area contributed by atoms with Gasteiger partial charge in [0.15, 0.2) is 5.11 Å². The lowest BCUT2D eigenvalue weighted by atomic mass is 10.1. The maximum Gasteiger partial charge on any atom is 0.164 e. The molecule has 0 amide bonds. The second-order valence-corrected chi connectivity index (χ2v) is 5.47. The number of benzene rings is 1. The molecule has 0 bridgehead atoms. The summed E-state index contributed by atoms with van der Waals surface area (Å²) in [5, 5.41) is 3.45. The monoisotopic (exact) mass is 251 g/mol. The quantitative estimate of drug-likeness (QED) is 0.782. The Labute approximate surface area is 109 Å². The SMILES string of the molecule is CN(Cc1ccccc1)CC(C)(C)NC(N)=S. The highest BCUT2D eigenvalue weighted by Crippen LogP contribution is 2.08. The summed E-state index contributed by atoms with van der Waals surface area (Å²) in [6.07, 6.45) is 0. The lowest BCUT2D eigenvalue weighted by molar-refractivity contribution is 0.248. The molecule has 0 aliphatic heterocycles. The molecular formula is C13H21N3S. The van der Waals surface area contributed by atoms with Crippen LogP contribution in [0.3, 0.4) is 0 Å². The third-order valence-electron chi connectivity index (χ3n) is 2.42. The number of likely N-dealkylation sites (N-methyl/N-ethyl adjacent to an activating group) is 1. The molecule has 4 heteroatoms. The molecule has 1 aromatic carbocycles. The smallest absolute Gasteiger partial charge is 0.164 e. The van der Waals surface area contributed by atoms with Crippen LogP contribution >= 0.6 is 12.2 Å². The Morgan fingerprint density at radius 3 is 2.47 bits per heavy atom. The first-order valence-corrected chi connectivity index (χ1v) is 6.10. The Balaban J connectivity index is 2.49. The van der Waals surface area contributed by atoms with Crippen LogP contribution in [-0.4, -0.2) is 29.1 Å². The molecule has 3 N–H and O–H groups in total. The van der Waals surface area contributed by atoms with Gasteiger partial charge in [-0.3, -0.25) is 4.90 Å². The number of hydrogen-bond donors (Lipinski definition) is 2. The molecule has 1 aromatic rings. The first-order valence-electron chi connectivity index (χ1n) is 5.69. The van der Waals surface area contributed by atoms with Crippen molar-refractivity contribution in [2.24, 2.45) is 5.73 Å². The molecule has 17 heavy (non-hydrogen) atoms. The van der Waals surface area contributed by atoms with Crippen molar-refractivity contribution in [1.29, 1.82) is 0 Å². The molecule has 0 saturated carbocycles.